The smallest absolute Gasteiger partial charge is 0.188 e. The second-order valence-electron chi connectivity index (χ2n) is 13.8. The molecule has 1 spiro atoms. The van der Waals surface area contributed by atoms with Gasteiger partial charge in [-0.25, -0.2) is 0 Å². The van der Waals surface area contributed by atoms with E-state index in [1.54, 1.807) is 0 Å². The van der Waals surface area contributed by atoms with E-state index in [2.05, 4.69) is 175 Å². The molecule has 0 atom stereocenters. The van der Waals surface area contributed by atoms with Gasteiger partial charge in [0.2, 0.25) is 0 Å². The Balaban J connectivity index is 1.13. The van der Waals surface area contributed by atoms with Crippen LogP contribution in [0, 0.1) is 0 Å². The number of fused-ring (bicyclic) bond motifs is 10. The van der Waals surface area contributed by atoms with E-state index in [0.717, 1.165) is 40.1 Å². The van der Waals surface area contributed by atoms with Gasteiger partial charge in [0, 0.05) is 5.69 Å². The van der Waals surface area contributed by atoms with Crippen LogP contribution in [-0.2, 0) is 0 Å². The van der Waals surface area contributed by atoms with Crippen LogP contribution in [0.2, 0.25) is 0 Å². The number of nitrogens with zero attached hydrogens (tertiary/aromatic N) is 1. The summed E-state index contributed by atoms with van der Waals surface area (Å²) in [4.78, 5) is 2.30. The number of ether oxygens (including phenoxy) is 2. The summed E-state index contributed by atoms with van der Waals surface area (Å²) in [6, 6.07) is 71.0. The summed E-state index contributed by atoms with van der Waals surface area (Å²) in [7, 11) is -4.15. The Hall–Kier alpha value is -6.41. The molecule has 0 bridgehead atoms. The van der Waals surface area contributed by atoms with Crippen molar-refractivity contribution in [1.82, 2.24) is 0 Å². The summed E-state index contributed by atoms with van der Waals surface area (Å²) in [5, 5.41) is 9.95. The zero-order chi connectivity index (χ0) is 34.9. The first-order valence-corrected chi connectivity index (χ1v) is 21.6. The zero-order valence-corrected chi connectivity index (χ0v) is 30.7. The first kappa shape index (κ1) is 30.2. The van der Waals surface area contributed by atoms with Crippen LogP contribution < -0.4 is 50.7 Å². The highest BCUT2D eigenvalue weighted by Crippen LogP contribution is 2.50. The maximum Gasteiger partial charge on any atom is 0.188 e. The number of hydrogen-bond donors (Lipinski definition) is 0. The number of hydrogen-bond acceptors (Lipinski definition) is 3. The molecule has 0 saturated carbocycles. The molecular formula is C48H32NO2Si2. The van der Waals surface area contributed by atoms with E-state index in [0.29, 0.717) is 0 Å². The van der Waals surface area contributed by atoms with Crippen molar-refractivity contribution >= 4 is 70.2 Å². The molecule has 11 rings (SSSR count). The fourth-order valence-electron chi connectivity index (χ4n) is 8.85. The molecule has 0 aliphatic carbocycles. The number of anilines is 3. The Morgan fingerprint density at radius 1 is 0.377 bits per heavy atom. The highest BCUT2D eigenvalue weighted by atomic mass is 28.3. The molecule has 0 saturated heterocycles. The van der Waals surface area contributed by atoms with Crippen molar-refractivity contribution in [2.24, 2.45) is 0 Å². The van der Waals surface area contributed by atoms with E-state index in [-0.39, 0.29) is 0 Å². The molecular weight excluding hydrogens is 679 g/mol. The highest BCUT2D eigenvalue weighted by molar-refractivity contribution is 7.27. The van der Waals surface area contributed by atoms with Crippen molar-refractivity contribution < 1.29 is 9.47 Å². The molecule has 53 heavy (non-hydrogen) atoms. The van der Waals surface area contributed by atoms with Crippen LogP contribution in [0.4, 0.5) is 17.1 Å². The second kappa shape index (κ2) is 11.8. The van der Waals surface area contributed by atoms with Gasteiger partial charge in [-0.05, 0) is 80.4 Å². The van der Waals surface area contributed by atoms with Gasteiger partial charge in [-0.2, -0.15) is 0 Å². The minimum Gasteiger partial charge on any atom is -0.458 e. The molecule has 8 aromatic carbocycles. The first-order valence-electron chi connectivity index (χ1n) is 18.1. The Labute approximate surface area is 311 Å². The van der Waals surface area contributed by atoms with E-state index in [9.17, 15) is 0 Å². The van der Waals surface area contributed by atoms with Crippen LogP contribution in [-0.4, -0.2) is 16.9 Å². The Bertz CT molecular complexity index is 2620. The molecule has 8 aromatic rings. The highest BCUT2D eigenvalue weighted by Gasteiger charge is 2.53. The Morgan fingerprint density at radius 2 is 0.868 bits per heavy atom. The third-order valence-electron chi connectivity index (χ3n) is 11.0. The van der Waals surface area contributed by atoms with Crippen molar-refractivity contribution in [3.05, 3.63) is 194 Å². The van der Waals surface area contributed by atoms with Crippen LogP contribution in [0.3, 0.4) is 0 Å². The van der Waals surface area contributed by atoms with Gasteiger partial charge in [0.1, 0.15) is 11.5 Å². The van der Waals surface area contributed by atoms with Crippen LogP contribution in [0.25, 0.3) is 11.1 Å². The van der Waals surface area contributed by atoms with Crippen LogP contribution in [0.1, 0.15) is 0 Å². The third kappa shape index (κ3) is 4.45. The minimum atomic E-state index is -2.83. The molecule has 0 unspecified atom stereocenters. The maximum atomic E-state index is 6.71. The van der Waals surface area contributed by atoms with Crippen molar-refractivity contribution in [3.8, 4) is 34.1 Å². The van der Waals surface area contributed by atoms with Gasteiger partial charge in [0.25, 0.3) is 0 Å². The lowest BCUT2D eigenvalue weighted by Crippen LogP contribution is -2.87. The van der Waals surface area contributed by atoms with Crippen molar-refractivity contribution in [3.63, 3.8) is 0 Å². The van der Waals surface area contributed by atoms with Crippen LogP contribution in [0.5, 0.6) is 23.0 Å². The van der Waals surface area contributed by atoms with Gasteiger partial charge in [0.05, 0.1) is 11.4 Å². The van der Waals surface area contributed by atoms with Crippen molar-refractivity contribution in [2.75, 3.05) is 4.90 Å². The summed E-state index contributed by atoms with van der Waals surface area (Å²) >= 11 is 0. The molecule has 3 aliphatic rings. The molecule has 0 amide bonds. The fraction of sp³-hybridized carbons (Fsp3) is 0. The lowest BCUT2D eigenvalue weighted by molar-refractivity contribution is 0.477. The van der Waals surface area contributed by atoms with E-state index in [1.807, 2.05) is 24.3 Å². The SMILES string of the molecule is c1ccc([Si]2c3ccccc3[Si]3(c4ccccc4Oc4ccccc43)c3cc(-c4ccc(N5c6ccccc6Oc6ccccc65)cc4)ccc32)cc1. The summed E-state index contributed by atoms with van der Waals surface area (Å²) < 4.78 is 13.0. The van der Waals surface area contributed by atoms with E-state index in [1.165, 1.54) is 47.4 Å². The van der Waals surface area contributed by atoms with Crippen LogP contribution in [0.15, 0.2) is 194 Å². The average molecular weight is 711 g/mol. The summed E-state index contributed by atoms with van der Waals surface area (Å²) in [5.74, 6) is 3.65. The molecule has 1 radical (unpaired) electrons. The van der Waals surface area contributed by atoms with Gasteiger partial charge < -0.3 is 14.4 Å². The van der Waals surface area contributed by atoms with Gasteiger partial charge in [-0.3, -0.25) is 0 Å². The average Bonchev–Trinajstić information content (AvgIpc) is 3.23. The van der Waals surface area contributed by atoms with Gasteiger partial charge >= 0.3 is 0 Å². The van der Waals surface area contributed by atoms with Crippen molar-refractivity contribution in [1.29, 1.82) is 0 Å². The van der Waals surface area contributed by atoms with E-state index >= 15 is 0 Å². The topological polar surface area (TPSA) is 21.7 Å². The second-order valence-corrected chi connectivity index (χ2v) is 19.9. The molecule has 0 fully saturated rings. The summed E-state index contributed by atoms with van der Waals surface area (Å²) in [6.07, 6.45) is 0. The first-order chi connectivity index (χ1) is 26.3. The number of rotatable bonds is 3. The molecule has 3 heterocycles. The molecule has 3 aliphatic heterocycles. The standard InChI is InChI=1S/C48H32NO2Si2/c1-2-14-36(15-3-1)52-43-22-10-13-25-47(43)53(45-23-11-8-20-41(45)51-42-21-9-12-24-46(42)53)48-32-34(28-31-44(48)52)33-26-29-35(30-27-33)49-37-16-4-6-18-39(37)50-40-19-7-5-17-38(40)49/h1-32H. The quantitative estimate of drug-likeness (QED) is 0.181. The van der Waals surface area contributed by atoms with Gasteiger partial charge in [-0.15, -0.1) is 0 Å². The van der Waals surface area contributed by atoms with Crippen LogP contribution >= 0.6 is 0 Å². The lowest BCUT2D eigenvalue weighted by atomic mass is 10.0. The van der Waals surface area contributed by atoms with E-state index < -0.39 is 16.9 Å². The van der Waals surface area contributed by atoms with Crippen molar-refractivity contribution in [2.45, 2.75) is 0 Å². The minimum absolute atomic E-state index is 0.855. The number of benzene rings is 8. The largest absolute Gasteiger partial charge is 0.458 e. The normalized spacial score (nSPS) is 14.4. The molecule has 0 aromatic heterocycles. The zero-order valence-electron chi connectivity index (χ0n) is 28.7. The lowest BCUT2D eigenvalue weighted by Gasteiger charge is -2.45. The summed E-state index contributed by atoms with van der Waals surface area (Å²) in [5.41, 5.74) is 5.58. The molecule has 3 nitrogen and oxygen atoms in total. The third-order valence-corrected chi connectivity index (χ3v) is 19.3. The fourth-order valence-corrected chi connectivity index (χ4v) is 18.5. The maximum absolute atomic E-state index is 6.71. The van der Waals surface area contributed by atoms with Gasteiger partial charge in [-0.1, -0.05) is 161 Å². The van der Waals surface area contributed by atoms with Gasteiger partial charge in [0.15, 0.2) is 28.4 Å². The molecule has 249 valence electrons. The Morgan fingerprint density at radius 3 is 1.53 bits per heavy atom. The molecule has 5 heteroatoms. The predicted octanol–water partition coefficient (Wildman–Crippen LogP) is 7.24. The summed E-state index contributed by atoms with van der Waals surface area (Å²) in [6.45, 7) is 0. The Kier molecular flexibility index (Phi) is 6.74. The predicted molar refractivity (Wildman–Crippen MR) is 221 cm³/mol. The van der Waals surface area contributed by atoms with E-state index in [4.69, 9.17) is 9.47 Å². The monoisotopic (exact) mass is 710 g/mol. The number of para-hydroxylation sites is 6. The molecule has 0 N–H and O–H groups in total.